The summed E-state index contributed by atoms with van der Waals surface area (Å²) in [7, 11) is 0. The van der Waals surface area contributed by atoms with Crippen LogP contribution >= 0.6 is 24.2 Å². The third kappa shape index (κ3) is 3.58. The molecule has 0 aromatic heterocycles. The van der Waals surface area contributed by atoms with Crippen LogP contribution in [0.2, 0.25) is 5.02 Å². The summed E-state index contributed by atoms with van der Waals surface area (Å²) in [5.41, 5.74) is -0.0443. The quantitative estimate of drug-likeness (QED) is 0.494. The molecule has 0 unspecified atom stereocenters. The molecule has 1 aliphatic rings. The highest BCUT2D eigenvalue weighted by molar-refractivity contribution is 7.80. The number of rotatable bonds is 5. The number of thiol groups is 1. The number of nitro benzene ring substituents is 1. The van der Waals surface area contributed by atoms with Gasteiger partial charge in [0.2, 0.25) is 0 Å². The predicted octanol–water partition coefficient (Wildman–Crippen LogP) is 4.51. The average Bonchev–Trinajstić information content (AvgIpc) is 2.47. The Kier molecular flexibility index (Phi) is 5.16. The molecule has 1 aromatic carbocycles. The lowest BCUT2D eigenvalue weighted by molar-refractivity contribution is -0.386. The van der Waals surface area contributed by atoms with Gasteiger partial charge in [-0.05, 0) is 30.7 Å². The number of nitrogens with zero attached hydrogens (tertiary/aromatic N) is 1. The summed E-state index contributed by atoms with van der Waals surface area (Å²) in [4.78, 5) is 10.6. The van der Waals surface area contributed by atoms with Gasteiger partial charge in [-0.25, -0.2) is 0 Å². The molecule has 0 atom stereocenters. The van der Waals surface area contributed by atoms with Crippen molar-refractivity contribution in [3.8, 4) is 5.75 Å². The fourth-order valence-corrected chi connectivity index (χ4v) is 3.21. The molecule has 0 saturated heterocycles. The SMILES string of the molecule is O=[N+]([O-])c1cc(Cl)ccc1OCC1(CS)CCCCC1. The molecule has 2 rings (SSSR count). The van der Waals surface area contributed by atoms with E-state index in [9.17, 15) is 10.1 Å². The number of benzene rings is 1. The van der Waals surface area contributed by atoms with Gasteiger partial charge in [0.05, 0.1) is 11.5 Å². The van der Waals surface area contributed by atoms with Gasteiger partial charge < -0.3 is 4.74 Å². The molecule has 1 saturated carbocycles. The summed E-state index contributed by atoms with van der Waals surface area (Å²) in [6.45, 7) is 0.471. The van der Waals surface area contributed by atoms with Crippen molar-refractivity contribution in [1.29, 1.82) is 0 Å². The molecule has 0 amide bonds. The van der Waals surface area contributed by atoms with E-state index >= 15 is 0 Å². The number of hydrogen-bond donors (Lipinski definition) is 1. The van der Waals surface area contributed by atoms with Crippen molar-refractivity contribution >= 4 is 29.9 Å². The van der Waals surface area contributed by atoms with Gasteiger partial charge in [-0.2, -0.15) is 12.6 Å². The van der Waals surface area contributed by atoms with E-state index in [4.69, 9.17) is 16.3 Å². The van der Waals surface area contributed by atoms with E-state index < -0.39 is 4.92 Å². The minimum absolute atomic E-state index is 0.0366. The molecule has 0 spiro atoms. The van der Waals surface area contributed by atoms with Crippen molar-refractivity contribution in [3.63, 3.8) is 0 Å². The molecule has 110 valence electrons. The standard InChI is InChI=1S/C14H18ClNO3S/c15-11-4-5-13(12(8-11)16(17)18)19-9-14(10-20)6-2-1-3-7-14/h4-5,8,20H,1-3,6-7,9-10H2. The molecule has 1 fully saturated rings. The van der Waals surface area contributed by atoms with E-state index in [-0.39, 0.29) is 16.9 Å². The van der Waals surface area contributed by atoms with E-state index in [1.165, 1.54) is 25.3 Å². The summed E-state index contributed by atoms with van der Waals surface area (Å²) >= 11 is 10.2. The van der Waals surface area contributed by atoms with Crippen LogP contribution in [0.15, 0.2) is 18.2 Å². The van der Waals surface area contributed by atoms with Crippen LogP contribution < -0.4 is 4.74 Å². The molecule has 1 aliphatic carbocycles. The van der Waals surface area contributed by atoms with Crippen molar-refractivity contribution < 1.29 is 9.66 Å². The Balaban J connectivity index is 2.11. The van der Waals surface area contributed by atoms with Crippen LogP contribution in [-0.4, -0.2) is 17.3 Å². The third-order valence-corrected chi connectivity index (χ3v) is 4.81. The highest BCUT2D eigenvalue weighted by atomic mass is 35.5. The van der Waals surface area contributed by atoms with Gasteiger partial charge in [-0.3, -0.25) is 10.1 Å². The van der Waals surface area contributed by atoms with E-state index in [1.807, 2.05) is 0 Å². The number of ether oxygens (including phenoxy) is 1. The number of hydrogen-bond acceptors (Lipinski definition) is 4. The second-order valence-corrected chi connectivity index (χ2v) is 6.13. The van der Waals surface area contributed by atoms with Gasteiger partial charge in [0, 0.05) is 16.5 Å². The number of nitro groups is 1. The Morgan fingerprint density at radius 2 is 2.05 bits per heavy atom. The van der Waals surface area contributed by atoms with Gasteiger partial charge in [0.25, 0.3) is 0 Å². The van der Waals surface area contributed by atoms with Crippen LogP contribution in [0.4, 0.5) is 5.69 Å². The van der Waals surface area contributed by atoms with Gasteiger partial charge in [0.15, 0.2) is 5.75 Å². The Labute approximate surface area is 129 Å². The second kappa shape index (κ2) is 6.68. The van der Waals surface area contributed by atoms with Crippen molar-refractivity contribution in [2.45, 2.75) is 32.1 Å². The van der Waals surface area contributed by atoms with Crippen LogP contribution in [0.1, 0.15) is 32.1 Å². The Hall–Kier alpha value is -0.940. The molecule has 0 bridgehead atoms. The van der Waals surface area contributed by atoms with Crippen LogP contribution in [-0.2, 0) is 0 Å². The summed E-state index contributed by atoms with van der Waals surface area (Å²) in [5.74, 6) is 1.03. The van der Waals surface area contributed by atoms with Crippen LogP contribution in [0.3, 0.4) is 0 Å². The molecular formula is C14H18ClNO3S. The zero-order chi connectivity index (χ0) is 14.6. The van der Waals surface area contributed by atoms with Crippen molar-refractivity contribution in [1.82, 2.24) is 0 Å². The first-order chi connectivity index (χ1) is 9.56. The summed E-state index contributed by atoms with van der Waals surface area (Å²) < 4.78 is 5.74. The highest BCUT2D eigenvalue weighted by Crippen LogP contribution is 2.39. The smallest absolute Gasteiger partial charge is 0.312 e. The highest BCUT2D eigenvalue weighted by Gasteiger charge is 2.32. The van der Waals surface area contributed by atoms with E-state index in [1.54, 1.807) is 12.1 Å². The molecule has 0 aliphatic heterocycles. The maximum atomic E-state index is 11.0. The topological polar surface area (TPSA) is 52.4 Å². The molecule has 0 N–H and O–H groups in total. The van der Waals surface area contributed by atoms with Gasteiger partial charge in [0.1, 0.15) is 0 Å². The lowest BCUT2D eigenvalue weighted by atomic mass is 9.76. The fourth-order valence-electron chi connectivity index (χ4n) is 2.64. The van der Waals surface area contributed by atoms with Crippen LogP contribution in [0, 0.1) is 15.5 Å². The van der Waals surface area contributed by atoms with Crippen molar-refractivity contribution in [3.05, 3.63) is 33.3 Å². The minimum Gasteiger partial charge on any atom is -0.486 e. The molecule has 0 heterocycles. The zero-order valence-corrected chi connectivity index (χ0v) is 12.8. The average molecular weight is 316 g/mol. The van der Waals surface area contributed by atoms with Gasteiger partial charge in [-0.15, -0.1) is 0 Å². The Morgan fingerprint density at radius 1 is 1.35 bits per heavy atom. The summed E-state index contributed by atoms with van der Waals surface area (Å²) in [5, 5.41) is 11.4. The fraction of sp³-hybridized carbons (Fsp3) is 0.571. The third-order valence-electron chi connectivity index (χ3n) is 3.90. The van der Waals surface area contributed by atoms with Crippen molar-refractivity contribution in [2.24, 2.45) is 5.41 Å². The van der Waals surface area contributed by atoms with Crippen LogP contribution in [0.25, 0.3) is 0 Å². The summed E-state index contributed by atoms with van der Waals surface area (Å²) in [6.07, 6.45) is 5.73. The molecular weight excluding hydrogens is 298 g/mol. The zero-order valence-electron chi connectivity index (χ0n) is 11.2. The molecule has 4 nitrogen and oxygen atoms in total. The first-order valence-electron chi connectivity index (χ1n) is 6.74. The maximum Gasteiger partial charge on any atom is 0.312 e. The van der Waals surface area contributed by atoms with Gasteiger partial charge >= 0.3 is 5.69 Å². The van der Waals surface area contributed by atoms with Crippen molar-refractivity contribution in [2.75, 3.05) is 12.4 Å². The lowest BCUT2D eigenvalue weighted by Crippen LogP contribution is -2.33. The van der Waals surface area contributed by atoms with E-state index in [0.29, 0.717) is 11.6 Å². The second-order valence-electron chi connectivity index (χ2n) is 5.38. The monoisotopic (exact) mass is 315 g/mol. The molecule has 20 heavy (non-hydrogen) atoms. The lowest BCUT2D eigenvalue weighted by Gasteiger charge is -2.35. The van der Waals surface area contributed by atoms with E-state index in [2.05, 4.69) is 12.6 Å². The molecule has 1 aromatic rings. The first kappa shape index (κ1) is 15.4. The van der Waals surface area contributed by atoms with Crippen LogP contribution in [0.5, 0.6) is 5.75 Å². The maximum absolute atomic E-state index is 11.0. The first-order valence-corrected chi connectivity index (χ1v) is 7.75. The normalized spacial score (nSPS) is 17.7. The Morgan fingerprint density at radius 3 is 2.65 bits per heavy atom. The molecule has 0 radical (unpaired) electrons. The van der Waals surface area contributed by atoms with Gasteiger partial charge in [-0.1, -0.05) is 30.9 Å². The minimum atomic E-state index is -0.463. The summed E-state index contributed by atoms with van der Waals surface area (Å²) in [6, 6.07) is 4.50. The predicted molar refractivity (Wildman–Crippen MR) is 83.0 cm³/mol. The molecule has 6 heteroatoms. The Bertz CT molecular complexity index is 489. The largest absolute Gasteiger partial charge is 0.486 e. The number of halogens is 1. The van der Waals surface area contributed by atoms with E-state index in [0.717, 1.165) is 18.6 Å².